The van der Waals surface area contributed by atoms with Crippen LogP contribution in [0, 0.1) is 0 Å². The van der Waals surface area contributed by atoms with E-state index in [1.165, 1.54) is 6.20 Å². The minimum absolute atomic E-state index is 0.0308. The maximum Gasteiger partial charge on any atom is 0.275 e. The summed E-state index contributed by atoms with van der Waals surface area (Å²) < 4.78 is 0. The fourth-order valence-corrected chi connectivity index (χ4v) is 2.30. The third-order valence-electron chi connectivity index (χ3n) is 3.75. The summed E-state index contributed by atoms with van der Waals surface area (Å²) in [6.45, 7) is 0. The average Bonchev–Trinajstić information content (AvgIpc) is 2.62. The molecule has 6 heteroatoms. The van der Waals surface area contributed by atoms with Crippen molar-refractivity contribution in [1.82, 2.24) is 14.9 Å². The second-order valence-corrected chi connectivity index (χ2v) is 5.86. The van der Waals surface area contributed by atoms with Crippen molar-refractivity contribution in [2.75, 3.05) is 19.4 Å². The van der Waals surface area contributed by atoms with Crippen molar-refractivity contribution in [3.8, 4) is 0 Å². The number of nitrogens with one attached hydrogen (secondary N) is 1. The van der Waals surface area contributed by atoms with Crippen molar-refractivity contribution in [3.63, 3.8) is 0 Å². The molecule has 0 bridgehead atoms. The fourth-order valence-electron chi connectivity index (χ4n) is 2.30. The van der Waals surface area contributed by atoms with E-state index >= 15 is 0 Å². The Bertz CT molecular complexity index is 920. The summed E-state index contributed by atoms with van der Waals surface area (Å²) in [5.74, 6) is -0.293. The molecule has 0 aliphatic rings. The number of rotatable bonds is 4. The number of carbonyl (C=O) groups is 2. The first kappa shape index (κ1) is 16.6. The number of hydrogen-bond donors (Lipinski definition) is 1. The Morgan fingerprint density at radius 1 is 1.00 bits per heavy atom. The van der Waals surface area contributed by atoms with Gasteiger partial charge in [0.2, 0.25) is 5.91 Å². The molecule has 0 fully saturated rings. The summed E-state index contributed by atoms with van der Waals surface area (Å²) in [6, 6.07) is 14.6. The molecule has 0 unspecified atom stereocenters. The second-order valence-electron chi connectivity index (χ2n) is 5.86. The van der Waals surface area contributed by atoms with Gasteiger partial charge in [0.05, 0.1) is 23.7 Å². The van der Waals surface area contributed by atoms with Gasteiger partial charge in [-0.3, -0.25) is 14.6 Å². The molecule has 0 saturated heterocycles. The van der Waals surface area contributed by atoms with Crippen LogP contribution in [0.3, 0.4) is 0 Å². The molecule has 1 heterocycles. The molecule has 0 aliphatic heterocycles. The van der Waals surface area contributed by atoms with Crippen molar-refractivity contribution in [3.05, 3.63) is 66.0 Å². The van der Waals surface area contributed by atoms with Crippen molar-refractivity contribution in [1.29, 1.82) is 0 Å². The van der Waals surface area contributed by atoms with Gasteiger partial charge in [-0.05, 0) is 29.8 Å². The van der Waals surface area contributed by atoms with Gasteiger partial charge in [-0.15, -0.1) is 0 Å². The Morgan fingerprint density at radius 3 is 2.36 bits per heavy atom. The Kier molecular flexibility index (Phi) is 4.70. The third-order valence-corrected chi connectivity index (χ3v) is 3.75. The maximum absolute atomic E-state index is 12.3. The lowest BCUT2D eigenvalue weighted by molar-refractivity contribution is -0.127. The zero-order chi connectivity index (χ0) is 17.8. The Labute approximate surface area is 145 Å². The molecular formula is C19H18N4O2. The molecule has 0 radical (unpaired) electrons. The van der Waals surface area contributed by atoms with Crippen LogP contribution in [0.4, 0.5) is 5.69 Å². The van der Waals surface area contributed by atoms with E-state index in [1.807, 2.05) is 36.4 Å². The van der Waals surface area contributed by atoms with E-state index in [0.717, 1.165) is 11.1 Å². The lowest BCUT2D eigenvalue weighted by Gasteiger charge is -2.10. The number of carbonyl (C=O) groups excluding carboxylic acids is 2. The number of anilines is 1. The Hall–Kier alpha value is -3.28. The highest BCUT2D eigenvalue weighted by atomic mass is 16.2. The van der Waals surface area contributed by atoms with E-state index in [1.54, 1.807) is 31.1 Å². The molecule has 1 N–H and O–H groups in total. The van der Waals surface area contributed by atoms with E-state index in [0.29, 0.717) is 17.6 Å². The van der Waals surface area contributed by atoms with Crippen molar-refractivity contribution < 1.29 is 9.59 Å². The van der Waals surface area contributed by atoms with Gasteiger partial charge in [0.15, 0.2) is 0 Å². The number of amides is 2. The number of fused-ring (bicyclic) bond motifs is 1. The first-order valence-corrected chi connectivity index (χ1v) is 7.85. The van der Waals surface area contributed by atoms with Crippen LogP contribution in [0.25, 0.3) is 11.0 Å². The molecule has 0 spiro atoms. The fraction of sp³-hybridized carbons (Fsp3) is 0.158. The number of nitrogens with zero attached hydrogens (tertiary/aromatic N) is 3. The van der Waals surface area contributed by atoms with Crippen LogP contribution in [0.15, 0.2) is 54.7 Å². The molecule has 25 heavy (non-hydrogen) atoms. The maximum atomic E-state index is 12.3. The zero-order valence-corrected chi connectivity index (χ0v) is 14.1. The summed E-state index contributed by atoms with van der Waals surface area (Å²) in [4.78, 5) is 34.2. The molecular weight excluding hydrogens is 316 g/mol. The van der Waals surface area contributed by atoms with Gasteiger partial charge in [0.25, 0.3) is 5.91 Å². The van der Waals surface area contributed by atoms with Crippen molar-refractivity contribution in [2.24, 2.45) is 0 Å². The molecule has 2 aromatic carbocycles. The third kappa shape index (κ3) is 3.98. The smallest absolute Gasteiger partial charge is 0.275 e. The molecule has 3 aromatic rings. The first-order valence-electron chi connectivity index (χ1n) is 7.85. The van der Waals surface area contributed by atoms with E-state index in [9.17, 15) is 9.59 Å². The minimum atomic E-state index is -0.324. The van der Waals surface area contributed by atoms with Crippen LogP contribution in [-0.2, 0) is 11.2 Å². The summed E-state index contributed by atoms with van der Waals surface area (Å²) in [7, 11) is 3.45. The molecule has 0 atom stereocenters. The summed E-state index contributed by atoms with van der Waals surface area (Å²) in [5, 5.41) is 2.79. The normalized spacial score (nSPS) is 10.5. The van der Waals surface area contributed by atoms with Crippen LogP contribution in [0.2, 0.25) is 0 Å². The second kappa shape index (κ2) is 7.09. The Morgan fingerprint density at radius 2 is 1.68 bits per heavy atom. The van der Waals surface area contributed by atoms with E-state index < -0.39 is 0 Å². The average molecular weight is 334 g/mol. The molecule has 1 aromatic heterocycles. The lowest BCUT2D eigenvalue weighted by Crippen LogP contribution is -2.23. The zero-order valence-electron chi connectivity index (χ0n) is 14.1. The predicted molar refractivity (Wildman–Crippen MR) is 96.3 cm³/mol. The number of aromatic nitrogens is 2. The lowest BCUT2D eigenvalue weighted by atomic mass is 10.1. The quantitative estimate of drug-likeness (QED) is 0.795. The molecule has 0 saturated carbocycles. The Balaban J connectivity index is 1.70. The van der Waals surface area contributed by atoms with Crippen LogP contribution < -0.4 is 5.32 Å². The number of benzene rings is 2. The SMILES string of the molecule is CN(C)C(=O)Cc1ccc(NC(=O)c2cnc3ccccc3n2)cc1. The van der Waals surface area contributed by atoms with Gasteiger partial charge in [-0.1, -0.05) is 24.3 Å². The van der Waals surface area contributed by atoms with E-state index in [2.05, 4.69) is 15.3 Å². The van der Waals surface area contributed by atoms with Gasteiger partial charge >= 0.3 is 0 Å². The predicted octanol–water partition coefficient (Wildman–Crippen LogP) is 2.51. The highest BCUT2D eigenvalue weighted by molar-refractivity contribution is 6.03. The topological polar surface area (TPSA) is 75.2 Å². The summed E-state index contributed by atoms with van der Waals surface area (Å²) >= 11 is 0. The van der Waals surface area contributed by atoms with E-state index in [4.69, 9.17) is 0 Å². The van der Waals surface area contributed by atoms with Gasteiger partial charge < -0.3 is 10.2 Å². The molecule has 0 aliphatic carbocycles. The number of likely N-dealkylation sites (N-methyl/N-ethyl adjacent to an activating group) is 1. The van der Waals surface area contributed by atoms with Crippen molar-refractivity contribution >= 4 is 28.5 Å². The van der Waals surface area contributed by atoms with Crippen LogP contribution in [0.1, 0.15) is 16.1 Å². The highest BCUT2D eigenvalue weighted by Gasteiger charge is 2.10. The van der Waals surface area contributed by atoms with Gasteiger partial charge in [-0.25, -0.2) is 4.98 Å². The van der Waals surface area contributed by atoms with Gasteiger partial charge in [0, 0.05) is 19.8 Å². The molecule has 126 valence electrons. The number of hydrogen-bond acceptors (Lipinski definition) is 4. The van der Waals surface area contributed by atoms with Crippen LogP contribution >= 0.6 is 0 Å². The van der Waals surface area contributed by atoms with Crippen LogP contribution in [0.5, 0.6) is 0 Å². The van der Waals surface area contributed by atoms with Gasteiger partial charge in [0.1, 0.15) is 5.69 Å². The standard InChI is InChI=1S/C19H18N4O2/c1-23(2)18(24)11-13-7-9-14(10-8-13)21-19(25)17-12-20-15-5-3-4-6-16(15)22-17/h3-10,12H,11H2,1-2H3,(H,21,25). The molecule has 2 amide bonds. The number of para-hydroxylation sites is 2. The van der Waals surface area contributed by atoms with Crippen LogP contribution in [-0.4, -0.2) is 40.8 Å². The first-order chi connectivity index (χ1) is 12.0. The van der Waals surface area contributed by atoms with Gasteiger partial charge in [-0.2, -0.15) is 0 Å². The van der Waals surface area contributed by atoms with Crippen molar-refractivity contribution in [2.45, 2.75) is 6.42 Å². The molecule has 6 nitrogen and oxygen atoms in total. The minimum Gasteiger partial charge on any atom is -0.349 e. The molecule has 3 rings (SSSR count). The van der Waals surface area contributed by atoms with E-state index in [-0.39, 0.29) is 17.5 Å². The largest absolute Gasteiger partial charge is 0.349 e. The summed E-state index contributed by atoms with van der Waals surface area (Å²) in [6.07, 6.45) is 1.79. The monoisotopic (exact) mass is 334 g/mol. The summed E-state index contributed by atoms with van der Waals surface area (Å²) in [5.41, 5.74) is 3.20. The highest BCUT2D eigenvalue weighted by Crippen LogP contribution is 2.13.